The van der Waals surface area contributed by atoms with Gasteiger partial charge in [0.25, 0.3) is 0 Å². The molecule has 84 valence electrons. The number of nitrogens with two attached hydrogens (primary N) is 1. The standard InChI is InChI=1S/C10H17N3OS/c1-6(7(2)11)10(14)12-4-9-5-15-8(3)13-9/h5-7H,4,11H2,1-3H3,(H,12,14). The van der Waals surface area contributed by atoms with Gasteiger partial charge in [-0.3, -0.25) is 4.79 Å². The van der Waals surface area contributed by atoms with Crippen molar-refractivity contribution in [3.8, 4) is 0 Å². The molecule has 0 aromatic carbocycles. The molecule has 0 radical (unpaired) electrons. The van der Waals surface area contributed by atoms with E-state index in [0.717, 1.165) is 10.7 Å². The van der Waals surface area contributed by atoms with Crippen molar-refractivity contribution in [2.24, 2.45) is 11.7 Å². The van der Waals surface area contributed by atoms with E-state index in [0.29, 0.717) is 6.54 Å². The molecule has 0 bridgehead atoms. The van der Waals surface area contributed by atoms with Crippen LogP contribution in [0.1, 0.15) is 24.5 Å². The quantitative estimate of drug-likeness (QED) is 0.808. The second kappa shape index (κ2) is 5.23. The highest BCUT2D eigenvalue weighted by atomic mass is 32.1. The van der Waals surface area contributed by atoms with Gasteiger partial charge in [0.05, 0.1) is 17.2 Å². The highest BCUT2D eigenvalue weighted by Crippen LogP contribution is 2.08. The fourth-order valence-corrected chi connectivity index (χ4v) is 1.68. The summed E-state index contributed by atoms with van der Waals surface area (Å²) in [5.74, 6) is -0.180. The summed E-state index contributed by atoms with van der Waals surface area (Å²) in [5.41, 5.74) is 6.54. The molecule has 2 atom stereocenters. The molecule has 0 aliphatic carbocycles. The number of rotatable bonds is 4. The molecule has 0 saturated heterocycles. The Bertz CT molecular complexity index is 335. The van der Waals surface area contributed by atoms with Crippen LogP contribution < -0.4 is 11.1 Å². The molecule has 0 saturated carbocycles. The first kappa shape index (κ1) is 12.1. The number of thiazole rings is 1. The minimum atomic E-state index is -0.162. The van der Waals surface area contributed by atoms with E-state index in [1.54, 1.807) is 11.3 Å². The normalized spacial score (nSPS) is 14.7. The van der Waals surface area contributed by atoms with Gasteiger partial charge in [-0.2, -0.15) is 0 Å². The van der Waals surface area contributed by atoms with Crippen molar-refractivity contribution in [1.82, 2.24) is 10.3 Å². The van der Waals surface area contributed by atoms with E-state index in [-0.39, 0.29) is 17.9 Å². The molecule has 3 N–H and O–H groups in total. The number of aryl methyl sites for hydroxylation is 1. The molecule has 0 aliphatic rings. The molecule has 1 aromatic rings. The molecule has 0 aliphatic heterocycles. The van der Waals surface area contributed by atoms with E-state index in [2.05, 4.69) is 10.3 Å². The maximum atomic E-state index is 11.5. The third-order valence-electron chi connectivity index (χ3n) is 2.31. The molecule has 1 rings (SSSR count). The lowest BCUT2D eigenvalue weighted by Crippen LogP contribution is -2.38. The van der Waals surface area contributed by atoms with Crippen LogP contribution in [0.15, 0.2) is 5.38 Å². The number of hydrogen-bond acceptors (Lipinski definition) is 4. The van der Waals surface area contributed by atoms with Crippen molar-refractivity contribution in [2.45, 2.75) is 33.4 Å². The van der Waals surface area contributed by atoms with Crippen LogP contribution in [0.4, 0.5) is 0 Å². The lowest BCUT2D eigenvalue weighted by atomic mass is 10.0. The second-order valence-corrected chi connectivity index (χ2v) is 4.79. The number of nitrogens with one attached hydrogen (secondary N) is 1. The molecule has 0 fully saturated rings. The van der Waals surface area contributed by atoms with Crippen LogP contribution in [-0.2, 0) is 11.3 Å². The Morgan fingerprint density at radius 1 is 1.67 bits per heavy atom. The Morgan fingerprint density at radius 3 is 2.80 bits per heavy atom. The Hall–Kier alpha value is -0.940. The largest absolute Gasteiger partial charge is 0.350 e. The zero-order valence-electron chi connectivity index (χ0n) is 9.28. The molecule has 0 spiro atoms. The number of hydrogen-bond donors (Lipinski definition) is 2. The number of carbonyl (C=O) groups is 1. The van der Waals surface area contributed by atoms with Crippen LogP contribution in [0.25, 0.3) is 0 Å². The van der Waals surface area contributed by atoms with Crippen LogP contribution in [0.5, 0.6) is 0 Å². The van der Waals surface area contributed by atoms with Crippen molar-refractivity contribution in [3.63, 3.8) is 0 Å². The fourth-order valence-electron chi connectivity index (χ4n) is 1.07. The molecule has 1 heterocycles. The molecular formula is C10H17N3OS. The van der Waals surface area contributed by atoms with Crippen molar-refractivity contribution < 1.29 is 4.79 Å². The van der Waals surface area contributed by atoms with E-state index in [1.807, 2.05) is 26.2 Å². The van der Waals surface area contributed by atoms with Gasteiger partial charge in [0, 0.05) is 17.3 Å². The summed E-state index contributed by atoms with van der Waals surface area (Å²) in [5, 5.41) is 5.78. The number of aromatic nitrogens is 1. The summed E-state index contributed by atoms with van der Waals surface area (Å²) < 4.78 is 0. The van der Waals surface area contributed by atoms with Crippen LogP contribution in [-0.4, -0.2) is 16.9 Å². The van der Waals surface area contributed by atoms with Crippen molar-refractivity contribution in [2.75, 3.05) is 0 Å². The SMILES string of the molecule is Cc1nc(CNC(=O)C(C)C(C)N)cs1. The van der Waals surface area contributed by atoms with E-state index in [1.165, 1.54) is 0 Å². The predicted octanol–water partition coefficient (Wildman–Crippen LogP) is 1.05. The average molecular weight is 227 g/mol. The maximum Gasteiger partial charge on any atom is 0.224 e. The van der Waals surface area contributed by atoms with Crippen LogP contribution in [0.2, 0.25) is 0 Å². The summed E-state index contributed by atoms with van der Waals surface area (Å²) in [6.45, 7) is 6.09. The minimum absolute atomic E-state index is 0.0179. The maximum absolute atomic E-state index is 11.5. The summed E-state index contributed by atoms with van der Waals surface area (Å²) in [6.07, 6.45) is 0. The van der Waals surface area contributed by atoms with E-state index >= 15 is 0 Å². The third kappa shape index (κ3) is 3.60. The summed E-state index contributed by atoms with van der Waals surface area (Å²) in [4.78, 5) is 15.8. The Morgan fingerprint density at radius 2 is 2.33 bits per heavy atom. The zero-order valence-corrected chi connectivity index (χ0v) is 10.1. The van der Waals surface area contributed by atoms with Crippen molar-refractivity contribution >= 4 is 17.2 Å². The molecule has 5 heteroatoms. The Labute approximate surface area is 93.9 Å². The molecule has 15 heavy (non-hydrogen) atoms. The topological polar surface area (TPSA) is 68.0 Å². The van der Waals surface area contributed by atoms with E-state index in [9.17, 15) is 4.79 Å². The Kier molecular flexibility index (Phi) is 4.23. The van der Waals surface area contributed by atoms with Crippen LogP contribution >= 0.6 is 11.3 Å². The van der Waals surface area contributed by atoms with Gasteiger partial charge in [-0.25, -0.2) is 4.98 Å². The molecule has 1 amide bonds. The average Bonchev–Trinajstić information content (AvgIpc) is 2.59. The molecule has 2 unspecified atom stereocenters. The molecule has 4 nitrogen and oxygen atoms in total. The first-order chi connectivity index (χ1) is 7.00. The first-order valence-electron chi connectivity index (χ1n) is 4.95. The third-order valence-corrected chi connectivity index (χ3v) is 3.13. The summed E-state index contributed by atoms with van der Waals surface area (Å²) in [7, 11) is 0. The van der Waals surface area contributed by atoms with Crippen molar-refractivity contribution in [1.29, 1.82) is 0 Å². The minimum Gasteiger partial charge on any atom is -0.350 e. The number of carbonyl (C=O) groups excluding carboxylic acids is 1. The highest BCUT2D eigenvalue weighted by Gasteiger charge is 2.16. The lowest BCUT2D eigenvalue weighted by molar-refractivity contribution is -0.125. The van der Waals surface area contributed by atoms with Gasteiger partial charge in [0.1, 0.15) is 0 Å². The van der Waals surface area contributed by atoms with Crippen LogP contribution in [0, 0.1) is 12.8 Å². The smallest absolute Gasteiger partial charge is 0.224 e. The Balaban J connectivity index is 2.40. The van der Waals surface area contributed by atoms with Gasteiger partial charge in [-0.15, -0.1) is 11.3 Å². The molecular weight excluding hydrogens is 210 g/mol. The van der Waals surface area contributed by atoms with Gasteiger partial charge >= 0.3 is 0 Å². The van der Waals surface area contributed by atoms with E-state index < -0.39 is 0 Å². The van der Waals surface area contributed by atoms with Gasteiger partial charge in [-0.1, -0.05) is 6.92 Å². The monoisotopic (exact) mass is 227 g/mol. The highest BCUT2D eigenvalue weighted by molar-refractivity contribution is 7.09. The van der Waals surface area contributed by atoms with Crippen molar-refractivity contribution in [3.05, 3.63) is 16.1 Å². The van der Waals surface area contributed by atoms with Crippen LogP contribution in [0.3, 0.4) is 0 Å². The lowest BCUT2D eigenvalue weighted by Gasteiger charge is -2.14. The van der Waals surface area contributed by atoms with Gasteiger partial charge < -0.3 is 11.1 Å². The fraction of sp³-hybridized carbons (Fsp3) is 0.600. The summed E-state index contributed by atoms with van der Waals surface area (Å²) in [6, 6.07) is -0.123. The number of amides is 1. The number of nitrogens with zero attached hydrogens (tertiary/aromatic N) is 1. The summed E-state index contributed by atoms with van der Waals surface area (Å²) >= 11 is 1.58. The molecule has 1 aromatic heterocycles. The van der Waals surface area contributed by atoms with Gasteiger partial charge in [-0.05, 0) is 13.8 Å². The van der Waals surface area contributed by atoms with Gasteiger partial charge in [0.2, 0.25) is 5.91 Å². The van der Waals surface area contributed by atoms with E-state index in [4.69, 9.17) is 5.73 Å². The second-order valence-electron chi connectivity index (χ2n) is 3.72. The first-order valence-corrected chi connectivity index (χ1v) is 5.83. The van der Waals surface area contributed by atoms with Gasteiger partial charge in [0.15, 0.2) is 0 Å². The predicted molar refractivity (Wildman–Crippen MR) is 61.5 cm³/mol. The zero-order chi connectivity index (χ0) is 11.4.